The van der Waals surface area contributed by atoms with Gasteiger partial charge in [-0.25, -0.2) is 9.48 Å². The van der Waals surface area contributed by atoms with Crippen LogP contribution in [-0.4, -0.2) is 77.0 Å². The largest absolute Gasteiger partial charge is 0.378 e. The molecule has 0 unspecified atom stereocenters. The summed E-state index contributed by atoms with van der Waals surface area (Å²) in [5, 5.41) is 7.31. The van der Waals surface area contributed by atoms with Crippen molar-refractivity contribution in [2.75, 3.05) is 39.4 Å². The maximum Gasteiger partial charge on any atom is 0.320 e. The van der Waals surface area contributed by atoms with Crippen LogP contribution in [-0.2, 0) is 4.74 Å². The van der Waals surface area contributed by atoms with Crippen LogP contribution in [0.1, 0.15) is 23.2 Å². The number of urea groups is 1. The number of piperidine rings is 1. The van der Waals surface area contributed by atoms with Gasteiger partial charge in [0.15, 0.2) is 0 Å². The topological polar surface area (TPSA) is 79.7 Å². The summed E-state index contributed by atoms with van der Waals surface area (Å²) < 4.78 is 7.04. The zero-order valence-corrected chi connectivity index (χ0v) is 15.8. The van der Waals surface area contributed by atoms with Crippen molar-refractivity contribution in [3.63, 3.8) is 0 Å². The Hall–Kier alpha value is -2.87. The lowest BCUT2D eigenvalue weighted by atomic mass is 10.0. The molecule has 0 bridgehead atoms. The first-order valence-corrected chi connectivity index (χ1v) is 9.73. The van der Waals surface area contributed by atoms with Gasteiger partial charge in [0.05, 0.1) is 18.9 Å². The molecule has 8 heteroatoms. The summed E-state index contributed by atoms with van der Waals surface area (Å²) in [6.07, 6.45) is 5.08. The summed E-state index contributed by atoms with van der Waals surface area (Å²) in [4.78, 5) is 28.9. The summed E-state index contributed by atoms with van der Waals surface area (Å²) >= 11 is 0. The van der Waals surface area contributed by atoms with Crippen molar-refractivity contribution in [2.24, 2.45) is 0 Å². The molecule has 3 amide bonds. The van der Waals surface area contributed by atoms with E-state index in [2.05, 4.69) is 10.4 Å². The van der Waals surface area contributed by atoms with Gasteiger partial charge in [0.1, 0.15) is 0 Å². The van der Waals surface area contributed by atoms with Crippen molar-refractivity contribution in [1.29, 1.82) is 0 Å². The molecule has 0 radical (unpaired) electrons. The van der Waals surface area contributed by atoms with Crippen molar-refractivity contribution >= 4 is 11.9 Å². The number of ether oxygens (including phenoxy) is 1. The second-order valence-corrected chi connectivity index (χ2v) is 7.12. The number of aromatic nitrogens is 2. The van der Waals surface area contributed by atoms with Crippen molar-refractivity contribution in [3.8, 4) is 5.69 Å². The number of hydrogen-bond acceptors (Lipinski definition) is 4. The monoisotopic (exact) mass is 383 g/mol. The molecule has 8 nitrogen and oxygen atoms in total. The Labute approximate surface area is 164 Å². The molecule has 1 N–H and O–H groups in total. The summed E-state index contributed by atoms with van der Waals surface area (Å²) in [7, 11) is 0. The van der Waals surface area contributed by atoms with Crippen LogP contribution < -0.4 is 5.32 Å². The molecule has 0 saturated carbocycles. The van der Waals surface area contributed by atoms with Gasteiger partial charge < -0.3 is 19.9 Å². The molecule has 28 heavy (non-hydrogen) atoms. The number of nitrogens with one attached hydrogen (secondary N) is 1. The lowest BCUT2D eigenvalue weighted by Gasteiger charge is -2.37. The van der Waals surface area contributed by atoms with Crippen LogP contribution in [0.5, 0.6) is 0 Å². The van der Waals surface area contributed by atoms with Crippen molar-refractivity contribution in [3.05, 3.63) is 48.3 Å². The van der Waals surface area contributed by atoms with Crippen molar-refractivity contribution in [1.82, 2.24) is 24.9 Å². The van der Waals surface area contributed by atoms with E-state index in [1.165, 1.54) is 0 Å². The molecule has 2 aliphatic rings. The van der Waals surface area contributed by atoms with E-state index < -0.39 is 0 Å². The number of morpholine rings is 1. The number of nitrogens with zero attached hydrogens (tertiary/aromatic N) is 4. The highest BCUT2D eigenvalue weighted by Crippen LogP contribution is 2.15. The van der Waals surface area contributed by atoms with E-state index in [9.17, 15) is 9.59 Å². The molecular weight excluding hydrogens is 358 g/mol. The number of benzene rings is 1. The number of carbonyl (C=O) groups is 2. The fourth-order valence-electron chi connectivity index (χ4n) is 3.65. The first-order valence-electron chi connectivity index (χ1n) is 9.73. The zero-order chi connectivity index (χ0) is 19.3. The molecular formula is C20H25N5O3. The van der Waals surface area contributed by atoms with Crippen LogP contribution >= 0.6 is 0 Å². The van der Waals surface area contributed by atoms with Crippen LogP contribution in [0.4, 0.5) is 4.79 Å². The molecule has 4 rings (SSSR count). The van der Waals surface area contributed by atoms with Crippen LogP contribution in [0.15, 0.2) is 42.7 Å². The Kier molecular flexibility index (Phi) is 5.57. The highest BCUT2D eigenvalue weighted by atomic mass is 16.5. The van der Waals surface area contributed by atoms with Gasteiger partial charge in [0.2, 0.25) is 0 Å². The zero-order valence-electron chi connectivity index (χ0n) is 15.8. The average molecular weight is 383 g/mol. The standard InChI is InChI=1S/C20H25N5O3/c26-19(16-3-1-4-18(15-16)25-8-2-7-21-25)22-17-5-9-23(10-6-17)20(27)24-11-13-28-14-12-24/h1-4,7-8,15,17H,5-6,9-14H2,(H,22,26). The second kappa shape index (κ2) is 8.43. The molecule has 2 aromatic rings. The highest BCUT2D eigenvalue weighted by molar-refractivity contribution is 5.94. The number of rotatable bonds is 3. The third-order valence-corrected chi connectivity index (χ3v) is 5.26. The van der Waals surface area contributed by atoms with Crippen molar-refractivity contribution in [2.45, 2.75) is 18.9 Å². The molecule has 2 fully saturated rings. The summed E-state index contributed by atoms with van der Waals surface area (Å²) in [5.74, 6) is -0.0908. The van der Waals surface area contributed by atoms with Crippen LogP contribution in [0.2, 0.25) is 0 Å². The Morgan fingerprint density at radius 1 is 1.04 bits per heavy atom. The van der Waals surface area contributed by atoms with E-state index >= 15 is 0 Å². The Balaban J connectivity index is 1.30. The maximum atomic E-state index is 12.7. The fourth-order valence-corrected chi connectivity index (χ4v) is 3.65. The fraction of sp³-hybridized carbons (Fsp3) is 0.450. The van der Waals surface area contributed by atoms with Crippen LogP contribution in [0.25, 0.3) is 5.69 Å². The average Bonchev–Trinajstić information content (AvgIpc) is 3.29. The number of amides is 3. The van der Waals surface area contributed by atoms with Gasteiger partial charge in [-0.05, 0) is 37.1 Å². The van der Waals surface area contributed by atoms with Gasteiger partial charge in [-0.1, -0.05) is 6.07 Å². The lowest BCUT2D eigenvalue weighted by Crippen LogP contribution is -2.52. The Bertz CT molecular complexity index is 809. The van der Waals surface area contributed by atoms with E-state index in [1.807, 2.05) is 40.3 Å². The number of hydrogen-bond donors (Lipinski definition) is 1. The normalized spacial score (nSPS) is 18.1. The second-order valence-electron chi connectivity index (χ2n) is 7.12. The number of carbonyl (C=O) groups excluding carboxylic acids is 2. The summed E-state index contributed by atoms with van der Waals surface area (Å²) in [5.41, 5.74) is 1.46. The molecule has 0 spiro atoms. The molecule has 0 atom stereocenters. The third-order valence-electron chi connectivity index (χ3n) is 5.26. The Morgan fingerprint density at radius 2 is 1.79 bits per heavy atom. The molecule has 0 aliphatic carbocycles. The van der Waals surface area contributed by atoms with Gasteiger partial charge in [-0.3, -0.25) is 4.79 Å². The minimum absolute atomic E-state index is 0.0783. The van der Waals surface area contributed by atoms with Gasteiger partial charge in [-0.15, -0.1) is 0 Å². The van der Waals surface area contributed by atoms with Crippen LogP contribution in [0, 0.1) is 0 Å². The third kappa shape index (κ3) is 4.17. The SMILES string of the molecule is O=C(NC1CCN(C(=O)N2CCOCC2)CC1)c1cccc(-n2cccn2)c1. The predicted molar refractivity (Wildman–Crippen MR) is 103 cm³/mol. The first kappa shape index (κ1) is 18.5. The lowest BCUT2D eigenvalue weighted by molar-refractivity contribution is 0.0407. The van der Waals surface area contributed by atoms with E-state index in [0.29, 0.717) is 45.0 Å². The smallest absolute Gasteiger partial charge is 0.320 e. The first-order chi connectivity index (χ1) is 13.7. The molecule has 3 heterocycles. The van der Waals surface area contributed by atoms with Gasteiger partial charge in [0.25, 0.3) is 5.91 Å². The molecule has 1 aromatic carbocycles. The molecule has 2 saturated heterocycles. The summed E-state index contributed by atoms with van der Waals surface area (Å²) in [6.45, 7) is 3.85. The van der Waals surface area contributed by atoms with Gasteiger partial charge in [-0.2, -0.15) is 5.10 Å². The number of likely N-dealkylation sites (tertiary alicyclic amines) is 1. The van der Waals surface area contributed by atoms with Gasteiger partial charge in [0, 0.05) is 50.2 Å². The molecule has 2 aliphatic heterocycles. The van der Waals surface area contributed by atoms with E-state index in [1.54, 1.807) is 16.9 Å². The minimum atomic E-state index is -0.0908. The highest BCUT2D eigenvalue weighted by Gasteiger charge is 2.28. The molecule has 1 aromatic heterocycles. The van der Waals surface area contributed by atoms with Crippen molar-refractivity contribution < 1.29 is 14.3 Å². The van der Waals surface area contributed by atoms with E-state index in [4.69, 9.17) is 4.74 Å². The summed E-state index contributed by atoms with van der Waals surface area (Å²) in [6, 6.07) is 9.42. The quantitative estimate of drug-likeness (QED) is 0.872. The van der Waals surface area contributed by atoms with E-state index in [0.717, 1.165) is 18.5 Å². The Morgan fingerprint density at radius 3 is 2.50 bits per heavy atom. The van der Waals surface area contributed by atoms with E-state index in [-0.39, 0.29) is 18.0 Å². The maximum absolute atomic E-state index is 12.7. The molecule has 148 valence electrons. The minimum Gasteiger partial charge on any atom is -0.378 e. The predicted octanol–water partition coefficient (Wildman–Crippen LogP) is 1.52. The van der Waals surface area contributed by atoms with Gasteiger partial charge >= 0.3 is 6.03 Å². The van der Waals surface area contributed by atoms with Crippen LogP contribution in [0.3, 0.4) is 0 Å².